The summed E-state index contributed by atoms with van der Waals surface area (Å²) in [5, 5.41) is 6.87. The largest absolute Gasteiger partial charge is 0.379 e. The molecule has 8 nitrogen and oxygen atoms in total. The smallest absolute Gasteiger partial charge is 0.248 e. The predicted octanol–water partition coefficient (Wildman–Crippen LogP) is 2.35. The van der Waals surface area contributed by atoms with Crippen LogP contribution in [0.3, 0.4) is 0 Å². The van der Waals surface area contributed by atoms with E-state index in [1.165, 1.54) is 0 Å². The number of nitrogens with zero attached hydrogens (tertiary/aromatic N) is 1. The highest BCUT2D eigenvalue weighted by Gasteiger charge is 2.64. The van der Waals surface area contributed by atoms with Crippen molar-refractivity contribution in [1.29, 1.82) is 0 Å². The molecule has 204 valence electrons. The molecule has 2 amide bonds. The number of hydrogen-bond donors (Lipinski definition) is 2. The fourth-order valence-electron chi connectivity index (χ4n) is 8.44. The van der Waals surface area contributed by atoms with E-state index in [1.54, 1.807) is 14.2 Å². The Morgan fingerprint density at radius 2 is 1.86 bits per heavy atom. The molecule has 3 heterocycles. The van der Waals surface area contributed by atoms with Crippen LogP contribution in [0, 0.1) is 29.6 Å². The van der Waals surface area contributed by atoms with E-state index in [9.17, 15) is 9.59 Å². The number of ether oxygens (including phenoxy) is 3. The van der Waals surface area contributed by atoms with Crippen LogP contribution in [0.4, 0.5) is 0 Å². The summed E-state index contributed by atoms with van der Waals surface area (Å²) in [6, 6.07) is 0.874. The first kappa shape index (κ1) is 26.4. The highest BCUT2D eigenvalue weighted by atomic mass is 16.5. The van der Waals surface area contributed by atoms with Gasteiger partial charge < -0.3 is 29.7 Å². The summed E-state index contributed by atoms with van der Waals surface area (Å²) in [7, 11) is 3.46. The lowest BCUT2D eigenvalue weighted by atomic mass is 9.64. The fourth-order valence-corrected chi connectivity index (χ4v) is 8.44. The van der Waals surface area contributed by atoms with Crippen LogP contribution in [0.25, 0.3) is 0 Å². The van der Waals surface area contributed by atoms with Crippen LogP contribution in [0.5, 0.6) is 0 Å². The Morgan fingerprint density at radius 1 is 1.06 bits per heavy atom. The van der Waals surface area contributed by atoms with Crippen LogP contribution in [0.2, 0.25) is 0 Å². The number of methoxy groups -OCH3 is 2. The molecule has 0 bridgehead atoms. The monoisotopic (exact) mass is 505 g/mol. The van der Waals surface area contributed by atoms with Crippen LogP contribution < -0.4 is 10.6 Å². The summed E-state index contributed by atoms with van der Waals surface area (Å²) in [4.78, 5) is 29.0. The third-order valence-corrected chi connectivity index (χ3v) is 10.0. The quantitative estimate of drug-likeness (QED) is 0.527. The summed E-state index contributed by atoms with van der Waals surface area (Å²) in [6.07, 6.45) is 6.25. The first-order chi connectivity index (χ1) is 17.3. The number of nitrogens with one attached hydrogen (secondary N) is 2. The Kier molecular flexibility index (Phi) is 7.97. The molecule has 0 radical (unpaired) electrons. The maximum absolute atomic E-state index is 14.1. The molecular weight excluding hydrogens is 458 g/mol. The number of rotatable bonds is 8. The zero-order chi connectivity index (χ0) is 25.6. The minimum absolute atomic E-state index is 0.0129. The van der Waals surface area contributed by atoms with E-state index in [0.29, 0.717) is 36.3 Å². The standard InChI is InChI=1S/C28H47N3O5/c1-15(2)10-12-30-27(32)16(3)36-17-6-8-21-20(14-17)18-11-13-29-24-19-7-9-22(34-4)26(35-5)23(19)28(33)31(21)25(18)24/h15-26,29H,6-14H2,1-5H3,(H,30,32)/t16-,17?,18?,19?,20?,21?,22?,23?,24?,25?,26?/m0/s1. The van der Waals surface area contributed by atoms with Gasteiger partial charge in [-0.15, -0.1) is 0 Å². The first-order valence-electron chi connectivity index (χ1n) is 14.4. The highest BCUT2D eigenvalue weighted by Crippen LogP contribution is 2.54. The lowest BCUT2D eigenvalue weighted by Gasteiger charge is -2.55. The first-order valence-corrected chi connectivity index (χ1v) is 14.4. The van der Waals surface area contributed by atoms with Crippen LogP contribution >= 0.6 is 0 Å². The summed E-state index contributed by atoms with van der Waals surface area (Å²) >= 11 is 0. The van der Waals surface area contributed by atoms with Crippen molar-refractivity contribution in [3.63, 3.8) is 0 Å². The van der Waals surface area contributed by atoms with E-state index in [4.69, 9.17) is 14.2 Å². The molecule has 8 heteroatoms. The fraction of sp³-hybridized carbons (Fsp3) is 0.929. The molecule has 10 unspecified atom stereocenters. The van der Waals surface area contributed by atoms with E-state index < -0.39 is 6.10 Å². The Balaban J connectivity index is 1.29. The summed E-state index contributed by atoms with van der Waals surface area (Å²) in [5.74, 6) is 1.96. The van der Waals surface area contributed by atoms with Gasteiger partial charge in [-0.25, -0.2) is 0 Å². The molecule has 5 aliphatic rings. The average molecular weight is 506 g/mol. The van der Waals surface area contributed by atoms with Crippen molar-refractivity contribution in [2.45, 2.75) is 108 Å². The van der Waals surface area contributed by atoms with E-state index in [1.807, 2.05) is 6.92 Å². The number of carbonyl (C=O) groups is 2. The van der Waals surface area contributed by atoms with Gasteiger partial charge in [0.1, 0.15) is 6.10 Å². The number of hydrogen-bond acceptors (Lipinski definition) is 6. The van der Waals surface area contributed by atoms with Gasteiger partial charge >= 0.3 is 0 Å². The van der Waals surface area contributed by atoms with Crippen molar-refractivity contribution in [3.05, 3.63) is 0 Å². The van der Waals surface area contributed by atoms with Crippen molar-refractivity contribution in [2.24, 2.45) is 29.6 Å². The minimum atomic E-state index is -0.443. The second-order valence-corrected chi connectivity index (χ2v) is 12.3. The van der Waals surface area contributed by atoms with Crippen LogP contribution in [-0.2, 0) is 23.8 Å². The van der Waals surface area contributed by atoms with Crippen molar-refractivity contribution < 1.29 is 23.8 Å². The molecule has 0 aromatic heterocycles. The predicted molar refractivity (Wildman–Crippen MR) is 136 cm³/mol. The Hall–Kier alpha value is -1.22. The molecule has 2 N–H and O–H groups in total. The van der Waals surface area contributed by atoms with Gasteiger partial charge in [-0.3, -0.25) is 9.59 Å². The van der Waals surface area contributed by atoms with E-state index >= 15 is 0 Å². The zero-order valence-corrected chi connectivity index (χ0v) is 22.8. The van der Waals surface area contributed by atoms with Gasteiger partial charge in [0.15, 0.2) is 0 Å². The van der Waals surface area contributed by atoms with Crippen molar-refractivity contribution >= 4 is 11.8 Å². The Morgan fingerprint density at radius 3 is 2.58 bits per heavy atom. The molecule has 0 spiro atoms. The molecule has 11 atom stereocenters. The maximum atomic E-state index is 14.1. The van der Waals surface area contributed by atoms with Crippen LogP contribution in [0.1, 0.15) is 65.7 Å². The van der Waals surface area contributed by atoms with Gasteiger partial charge in [-0.2, -0.15) is 0 Å². The third-order valence-electron chi connectivity index (χ3n) is 10.0. The van der Waals surface area contributed by atoms with Gasteiger partial charge in [-0.1, -0.05) is 13.8 Å². The van der Waals surface area contributed by atoms with Gasteiger partial charge in [-0.05, 0) is 82.1 Å². The van der Waals surface area contributed by atoms with Crippen LogP contribution in [0.15, 0.2) is 0 Å². The molecular formula is C28H47N3O5. The molecule has 5 rings (SSSR count). The van der Waals surface area contributed by atoms with Crippen molar-refractivity contribution in [3.8, 4) is 0 Å². The third kappa shape index (κ3) is 4.61. The average Bonchev–Trinajstić information content (AvgIpc) is 3.20. The summed E-state index contributed by atoms with van der Waals surface area (Å²) in [6.45, 7) is 7.90. The molecule has 5 fully saturated rings. The Bertz CT molecular complexity index is 808. The van der Waals surface area contributed by atoms with Gasteiger partial charge in [0.05, 0.1) is 30.3 Å². The second kappa shape index (κ2) is 10.9. The molecule has 3 aliphatic heterocycles. The molecule has 2 aliphatic carbocycles. The molecule has 0 aromatic carbocycles. The zero-order valence-electron chi connectivity index (χ0n) is 22.8. The van der Waals surface area contributed by atoms with E-state index in [0.717, 1.165) is 51.5 Å². The number of amides is 2. The van der Waals surface area contributed by atoms with E-state index in [2.05, 4.69) is 29.4 Å². The maximum Gasteiger partial charge on any atom is 0.248 e. The lowest BCUT2D eigenvalue weighted by molar-refractivity contribution is -0.175. The topological polar surface area (TPSA) is 89.1 Å². The lowest BCUT2D eigenvalue weighted by Crippen LogP contribution is -2.70. The normalized spacial score (nSPS) is 42.5. The number of carbonyl (C=O) groups excluding carboxylic acids is 2. The molecule has 3 saturated heterocycles. The molecule has 2 saturated carbocycles. The summed E-state index contributed by atoms with van der Waals surface area (Å²) in [5.41, 5.74) is 0. The van der Waals surface area contributed by atoms with E-state index in [-0.39, 0.29) is 48.1 Å². The van der Waals surface area contributed by atoms with Gasteiger partial charge in [0.2, 0.25) is 11.8 Å². The SMILES string of the molecule is COC1CCC2C3NCCC4C5CC(O[C@@H](C)C(=O)NCCC(C)C)CCC5N(C(=O)C2C1OC)C43. The number of fused-ring (bicyclic) bond motifs is 5. The van der Waals surface area contributed by atoms with Crippen molar-refractivity contribution in [1.82, 2.24) is 15.5 Å². The second-order valence-electron chi connectivity index (χ2n) is 12.3. The van der Waals surface area contributed by atoms with Gasteiger partial charge in [0, 0.05) is 32.8 Å². The van der Waals surface area contributed by atoms with Gasteiger partial charge in [0.25, 0.3) is 0 Å². The number of piperidine rings is 2. The highest BCUT2D eigenvalue weighted by molar-refractivity contribution is 5.83. The summed E-state index contributed by atoms with van der Waals surface area (Å²) < 4.78 is 18.0. The molecule has 36 heavy (non-hydrogen) atoms. The van der Waals surface area contributed by atoms with Crippen molar-refractivity contribution in [2.75, 3.05) is 27.3 Å². The molecule has 0 aromatic rings. The Labute approximate surface area is 216 Å². The minimum Gasteiger partial charge on any atom is -0.379 e. The van der Waals surface area contributed by atoms with Crippen LogP contribution in [-0.4, -0.2) is 86.6 Å².